The Hall–Kier alpha value is -1.98. The molecule has 0 saturated heterocycles. The second-order valence-corrected chi connectivity index (χ2v) is 4.42. The summed E-state index contributed by atoms with van der Waals surface area (Å²) in [7, 11) is 0. The Kier molecular flexibility index (Phi) is 4.32. The Morgan fingerprint density at radius 2 is 2.00 bits per heavy atom. The summed E-state index contributed by atoms with van der Waals surface area (Å²) >= 11 is 0. The van der Waals surface area contributed by atoms with Crippen molar-refractivity contribution < 1.29 is 13.2 Å². The molecular weight excluding hydrogens is 267 g/mol. The third-order valence-electron chi connectivity index (χ3n) is 2.92. The first-order valence-electron chi connectivity index (χ1n) is 6.48. The van der Waals surface area contributed by atoms with Gasteiger partial charge in [0.1, 0.15) is 0 Å². The smallest absolute Gasteiger partial charge is 0.355 e. The van der Waals surface area contributed by atoms with Crippen LogP contribution >= 0.6 is 0 Å². The monoisotopic (exact) mass is 283 g/mol. The molecule has 0 bridgehead atoms. The van der Waals surface area contributed by atoms with E-state index in [1.165, 1.54) is 29.1 Å². The van der Waals surface area contributed by atoms with Gasteiger partial charge in [0.05, 0.1) is 11.3 Å². The summed E-state index contributed by atoms with van der Waals surface area (Å²) < 4.78 is 40.5. The lowest BCUT2D eigenvalue weighted by Gasteiger charge is -2.15. The van der Waals surface area contributed by atoms with Gasteiger partial charge in [0.2, 0.25) is 5.95 Å². The maximum Gasteiger partial charge on any atom is 0.418 e. The lowest BCUT2D eigenvalue weighted by atomic mass is 10.1. The van der Waals surface area contributed by atoms with Crippen LogP contribution in [0.3, 0.4) is 0 Å². The van der Waals surface area contributed by atoms with Gasteiger partial charge in [0.25, 0.3) is 0 Å². The average molecular weight is 283 g/mol. The highest BCUT2D eigenvalue weighted by Gasteiger charge is 2.33. The number of aromatic nitrogens is 2. The third kappa shape index (κ3) is 3.12. The van der Waals surface area contributed by atoms with E-state index in [2.05, 4.69) is 10.3 Å². The molecule has 6 heteroatoms. The first kappa shape index (κ1) is 14.4. The van der Waals surface area contributed by atoms with Crippen molar-refractivity contribution in [1.82, 2.24) is 9.55 Å². The molecule has 2 rings (SSSR count). The topological polar surface area (TPSA) is 29.9 Å². The van der Waals surface area contributed by atoms with E-state index in [0.717, 1.165) is 18.9 Å². The quantitative estimate of drug-likeness (QED) is 0.837. The molecule has 1 aromatic carbocycles. The maximum absolute atomic E-state index is 13.0. The summed E-state index contributed by atoms with van der Waals surface area (Å²) in [6.07, 6.45) is 0.572. The Morgan fingerprint density at radius 1 is 1.25 bits per heavy atom. The van der Waals surface area contributed by atoms with Crippen molar-refractivity contribution in [3.63, 3.8) is 0 Å². The molecular formula is C14H16F3N3. The third-order valence-corrected chi connectivity index (χ3v) is 2.92. The summed E-state index contributed by atoms with van der Waals surface area (Å²) in [5, 5.41) is 3.06. The van der Waals surface area contributed by atoms with Crippen molar-refractivity contribution in [2.45, 2.75) is 25.9 Å². The molecule has 0 aliphatic carbocycles. The molecule has 1 N–H and O–H groups in total. The Balaban J connectivity index is 2.35. The molecule has 0 radical (unpaired) electrons. The van der Waals surface area contributed by atoms with Crippen LogP contribution in [-0.2, 0) is 6.18 Å². The Bertz CT molecular complexity index is 561. The number of benzene rings is 1. The van der Waals surface area contributed by atoms with E-state index in [0.29, 0.717) is 12.5 Å². The van der Waals surface area contributed by atoms with E-state index in [9.17, 15) is 13.2 Å². The van der Waals surface area contributed by atoms with Crippen LogP contribution in [0.4, 0.5) is 19.1 Å². The van der Waals surface area contributed by atoms with Crippen LogP contribution in [0.15, 0.2) is 36.7 Å². The number of hydrogen-bond donors (Lipinski definition) is 1. The maximum atomic E-state index is 13.0. The number of para-hydroxylation sites is 1. The van der Waals surface area contributed by atoms with Crippen LogP contribution in [0.1, 0.15) is 25.3 Å². The van der Waals surface area contributed by atoms with Crippen LogP contribution in [0.25, 0.3) is 5.69 Å². The zero-order valence-corrected chi connectivity index (χ0v) is 11.1. The Labute approximate surface area is 115 Å². The number of unbranched alkanes of at least 4 members (excludes halogenated alkanes) is 1. The molecule has 0 fully saturated rings. The molecule has 0 atom stereocenters. The number of alkyl halides is 3. The predicted octanol–water partition coefficient (Wildman–Crippen LogP) is 4.10. The van der Waals surface area contributed by atoms with Gasteiger partial charge in [0.15, 0.2) is 0 Å². The normalized spacial score (nSPS) is 11.6. The molecule has 108 valence electrons. The van der Waals surface area contributed by atoms with Crippen molar-refractivity contribution in [3.05, 3.63) is 42.2 Å². The fourth-order valence-corrected chi connectivity index (χ4v) is 1.93. The average Bonchev–Trinajstić information content (AvgIpc) is 2.86. The van der Waals surface area contributed by atoms with E-state index >= 15 is 0 Å². The van der Waals surface area contributed by atoms with Gasteiger partial charge >= 0.3 is 6.18 Å². The Morgan fingerprint density at radius 3 is 2.70 bits per heavy atom. The number of nitrogens with zero attached hydrogens (tertiary/aromatic N) is 2. The van der Waals surface area contributed by atoms with Gasteiger partial charge in [-0.25, -0.2) is 4.98 Å². The van der Waals surface area contributed by atoms with E-state index < -0.39 is 11.7 Å². The molecule has 0 aliphatic rings. The van der Waals surface area contributed by atoms with Crippen LogP contribution in [-0.4, -0.2) is 16.1 Å². The lowest BCUT2D eigenvalue weighted by molar-refractivity contribution is -0.137. The number of imidazole rings is 1. The largest absolute Gasteiger partial charge is 0.418 e. The second kappa shape index (κ2) is 5.98. The summed E-state index contributed by atoms with van der Waals surface area (Å²) in [5.74, 6) is 0.426. The van der Waals surface area contributed by atoms with E-state index in [1.54, 1.807) is 6.07 Å². The predicted molar refractivity (Wildman–Crippen MR) is 72.0 cm³/mol. The summed E-state index contributed by atoms with van der Waals surface area (Å²) in [5.41, 5.74) is -0.590. The zero-order chi connectivity index (χ0) is 14.6. The number of anilines is 1. The molecule has 1 heterocycles. The first-order valence-corrected chi connectivity index (χ1v) is 6.48. The second-order valence-electron chi connectivity index (χ2n) is 4.42. The molecule has 0 amide bonds. The SMILES string of the molecule is CCCCNc1nccn1-c1ccccc1C(F)(F)F. The van der Waals surface area contributed by atoms with Gasteiger partial charge in [0, 0.05) is 18.9 Å². The van der Waals surface area contributed by atoms with Gasteiger partial charge in [-0.3, -0.25) is 4.57 Å². The molecule has 0 unspecified atom stereocenters. The van der Waals surface area contributed by atoms with Gasteiger partial charge in [-0.1, -0.05) is 25.5 Å². The molecule has 0 spiro atoms. The van der Waals surface area contributed by atoms with Crippen molar-refractivity contribution in [1.29, 1.82) is 0 Å². The first-order chi connectivity index (χ1) is 9.54. The molecule has 0 aliphatic heterocycles. The zero-order valence-electron chi connectivity index (χ0n) is 11.1. The van der Waals surface area contributed by atoms with Gasteiger partial charge in [-0.2, -0.15) is 13.2 Å². The molecule has 0 saturated carbocycles. The van der Waals surface area contributed by atoms with E-state index in [4.69, 9.17) is 0 Å². The standard InChI is InChI=1S/C14H16F3N3/c1-2-3-8-18-13-19-9-10-20(13)12-7-5-4-6-11(12)14(15,16)17/h4-7,9-10H,2-3,8H2,1H3,(H,18,19). The summed E-state index contributed by atoms with van der Waals surface area (Å²) in [4.78, 5) is 4.07. The molecule has 2 aromatic rings. The fraction of sp³-hybridized carbons (Fsp3) is 0.357. The minimum absolute atomic E-state index is 0.0801. The van der Waals surface area contributed by atoms with Crippen molar-refractivity contribution >= 4 is 5.95 Å². The van der Waals surface area contributed by atoms with Crippen molar-refractivity contribution in [2.75, 3.05) is 11.9 Å². The van der Waals surface area contributed by atoms with Gasteiger partial charge in [-0.15, -0.1) is 0 Å². The number of rotatable bonds is 5. The summed E-state index contributed by atoms with van der Waals surface area (Å²) in [6, 6.07) is 5.48. The molecule has 1 aromatic heterocycles. The summed E-state index contributed by atoms with van der Waals surface area (Å²) in [6.45, 7) is 2.73. The highest BCUT2D eigenvalue weighted by Crippen LogP contribution is 2.34. The van der Waals surface area contributed by atoms with Crippen molar-refractivity contribution in [3.8, 4) is 5.69 Å². The molecule has 20 heavy (non-hydrogen) atoms. The van der Waals surface area contributed by atoms with Crippen molar-refractivity contribution in [2.24, 2.45) is 0 Å². The fourth-order valence-electron chi connectivity index (χ4n) is 1.93. The lowest BCUT2D eigenvalue weighted by Crippen LogP contribution is -2.13. The van der Waals surface area contributed by atoms with Crippen LogP contribution in [0.2, 0.25) is 0 Å². The number of nitrogens with one attached hydrogen (secondary N) is 1. The molecule has 3 nitrogen and oxygen atoms in total. The minimum Gasteiger partial charge on any atom is -0.355 e. The highest BCUT2D eigenvalue weighted by atomic mass is 19.4. The van der Waals surface area contributed by atoms with E-state index in [-0.39, 0.29) is 5.69 Å². The van der Waals surface area contributed by atoms with E-state index in [1.807, 2.05) is 6.92 Å². The van der Waals surface area contributed by atoms with Gasteiger partial charge < -0.3 is 5.32 Å². The number of hydrogen-bond acceptors (Lipinski definition) is 2. The van der Waals surface area contributed by atoms with Crippen LogP contribution in [0, 0.1) is 0 Å². The minimum atomic E-state index is -4.39. The van der Waals surface area contributed by atoms with Crippen LogP contribution in [0.5, 0.6) is 0 Å². The number of halogens is 3. The van der Waals surface area contributed by atoms with Crippen LogP contribution < -0.4 is 5.32 Å². The van der Waals surface area contributed by atoms with Gasteiger partial charge in [-0.05, 0) is 18.6 Å². The highest BCUT2D eigenvalue weighted by molar-refractivity contribution is 5.48.